The molecular formula is C25H27F2NO5. The summed E-state index contributed by atoms with van der Waals surface area (Å²) in [6.07, 6.45) is -0.407. The molecule has 1 heterocycles. The van der Waals surface area contributed by atoms with Crippen molar-refractivity contribution in [3.8, 4) is 11.5 Å². The molecule has 0 bridgehead atoms. The Morgan fingerprint density at radius 1 is 1.12 bits per heavy atom. The quantitative estimate of drug-likeness (QED) is 0.561. The van der Waals surface area contributed by atoms with Gasteiger partial charge in [-0.1, -0.05) is 18.2 Å². The number of rotatable bonds is 7. The molecule has 1 atom stereocenters. The molecule has 8 heteroatoms. The summed E-state index contributed by atoms with van der Waals surface area (Å²) >= 11 is 0. The van der Waals surface area contributed by atoms with Crippen molar-refractivity contribution in [2.24, 2.45) is 0 Å². The maximum Gasteiger partial charge on any atom is 0.336 e. The molecule has 2 aromatic rings. The zero-order valence-corrected chi connectivity index (χ0v) is 19.3. The van der Waals surface area contributed by atoms with Crippen molar-refractivity contribution >= 4 is 11.9 Å². The summed E-state index contributed by atoms with van der Waals surface area (Å²) in [6, 6.07) is 8.72. The highest BCUT2D eigenvalue weighted by Crippen LogP contribution is 2.44. The molecular weight excluding hydrogens is 432 g/mol. The van der Waals surface area contributed by atoms with Crippen molar-refractivity contribution in [2.75, 3.05) is 14.2 Å². The average Bonchev–Trinajstić information content (AvgIpc) is 2.77. The molecule has 0 saturated carbocycles. The van der Waals surface area contributed by atoms with Gasteiger partial charge in [-0.2, -0.15) is 0 Å². The van der Waals surface area contributed by atoms with Gasteiger partial charge in [-0.15, -0.1) is 0 Å². The monoisotopic (exact) mass is 459 g/mol. The number of hydrogen-bond donors (Lipinski definition) is 0. The number of esters is 1. The third-order valence-electron chi connectivity index (χ3n) is 5.52. The highest BCUT2D eigenvalue weighted by atomic mass is 19.2. The van der Waals surface area contributed by atoms with E-state index in [1.54, 1.807) is 39.0 Å². The summed E-state index contributed by atoms with van der Waals surface area (Å²) in [5.74, 6) is -2.53. The lowest BCUT2D eigenvalue weighted by Gasteiger charge is -2.35. The van der Waals surface area contributed by atoms with Crippen molar-refractivity contribution in [1.29, 1.82) is 0 Å². The Hall–Kier alpha value is -3.42. The Bertz CT molecular complexity index is 1100. The van der Waals surface area contributed by atoms with Crippen LogP contribution < -0.4 is 9.47 Å². The molecule has 0 spiro atoms. The molecule has 0 saturated heterocycles. The topological polar surface area (TPSA) is 65.1 Å². The number of hydrogen-bond acceptors (Lipinski definition) is 5. The lowest BCUT2D eigenvalue weighted by atomic mass is 9.83. The van der Waals surface area contributed by atoms with Gasteiger partial charge in [0.25, 0.3) is 0 Å². The third kappa shape index (κ3) is 4.99. The number of ether oxygens (including phenoxy) is 3. The van der Waals surface area contributed by atoms with Gasteiger partial charge in [0.05, 0.1) is 32.4 Å². The van der Waals surface area contributed by atoms with Crippen LogP contribution in [0.4, 0.5) is 8.78 Å². The number of para-hydroxylation sites is 1. The second-order valence-electron chi connectivity index (χ2n) is 8.02. The zero-order chi connectivity index (χ0) is 24.3. The number of carbonyl (C=O) groups excluding carboxylic acids is 2. The first kappa shape index (κ1) is 24.2. The Morgan fingerprint density at radius 2 is 1.85 bits per heavy atom. The summed E-state index contributed by atoms with van der Waals surface area (Å²) in [7, 11) is 3.00. The Kier molecular flexibility index (Phi) is 7.36. The molecule has 0 aliphatic carbocycles. The molecule has 176 valence electrons. The van der Waals surface area contributed by atoms with E-state index in [0.29, 0.717) is 33.9 Å². The van der Waals surface area contributed by atoms with Gasteiger partial charge in [0.2, 0.25) is 5.91 Å². The molecule has 1 aliphatic heterocycles. The van der Waals surface area contributed by atoms with Crippen LogP contribution in [0.5, 0.6) is 11.5 Å². The average molecular weight is 459 g/mol. The largest absolute Gasteiger partial charge is 0.493 e. The fraction of sp³-hybridized carbons (Fsp3) is 0.360. The highest BCUT2D eigenvalue weighted by molar-refractivity contribution is 5.96. The van der Waals surface area contributed by atoms with Gasteiger partial charge in [0.15, 0.2) is 23.1 Å². The number of halogens is 2. The van der Waals surface area contributed by atoms with E-state index in [0.717, 1.165) is 12.1 Å². The van der Waals surface area contributed by atoms with Crippen LogP contribution >= 0.6 is 0 Å². The highest BCUT2D eigenvalue weighted by Gasteiger charge is 2.39. The van der Waals surface area contributed by atoms with Crippen LogP contribution in [0.25, 0.3) is 0 Å². The van der Waals surface area contributed by atoms with Crippen LogP contribution in [0, 0.1) is 11.6 Å². The van der Waals surface area contributed by atoms with Gasteiger partial charge in [-0.05, 0) is 44.5 Å². The van der Waals surface area contributed by atoms with Crippen LogP contribution in [0.1, 0.15) is 44.2 Å². The maximum atomic E-state index is 13.7. The second-order valence-corrected chi connectivity index (χ2v) is 8.02. The molecule has 1 aliphatic rings. The normalized spacial score (nSPS) is 16.3. The molecule has 0 N–H and O–H groups in total. The van der Waals surface area contributed by atoms with Crippen molar-refractivity contribution in [3.63, 3.8) is 0 Å². The third-order valence-corrected chi connectivity index (χ3v) is 5.52. The SMILES string of the molecule is COc1cccc(C2CC(=O)N(Cc3ccc(F)c(F)c3)C(C)=C2C(=O)OC(C)C)c1OC. The summed E-state index contributed by atoms with van der Waals surface area (Å²) in [5, 5.41) is 0. The molecule has 1 unspecified atom stereocenters. The van der Waals surface area contributed by atoms with Gasteiger partial charge >= 0.3 is 5.97 Å². The summed E-state index contributed by atoms with van der Waals surface area (Å²) in [6.45, 7) is 5.11. The Morgan fingerprint density at radius 3 is 2.45 bits per heavy atom. The minimum atomic E-state index is -1.00. The van der Waals surface area contributed by atoms with Gasteiger partial charge in [0, 0.05) is 23.6 Å². The first-order chi connectivity index (χ1) is 15.7. The van der Waals surface area contributed by atoms with E-state index < -0.39 is 23.5 Å². The fourth-order valence-corrected chi connectivity index (χ4v) is 4.02. The van der Waals surface area contributed by atoms with Crippen LogP contribution in [0.2, 0.25) is 0 Å². The molecule has 0 radical (unpaired) electrons. The summed E-state index contributed by atoms with van der Waals surface area (Å²) in [4.78, 5) is 27.7. The Balaban J connectivity index is 2.11. The fourth-order valence-electron chi connectivity index (χ4n) is 4.02. The van der Waals surface area contributed by atoms with Gasteiger partial charge in [0.1, 0.15) is 0 Å². The zero-order valence-electron chi connectivity index (χ0n) is 19.3. The van der Waals surface area contributed by atoms with Crippen molar-refractivity contribution < 1.29 is 32.6 Å². The van der Waals surface area contributed by atoms with E-state index in [1.807, 2.05) is 0 Å². The number of nitrogens with zero attached hydrogens (tertiary/aromatic N) is 1. The number of methoxy groups -OCH3 is 2. The van der Waals surface area contributed by atoms with E-state index in [4.69, 9.17) is 14.2 Å². The summed E-state index contributed by atoms with van der Waals surface area (Å²) in [5.41, 5.74) is 1.71. The van der Waals surface area contributed by atoms with E-state index in [9.17, 15) is 18.4 Å². The molecule has 6 nitrogen and oxygen atoms in total. The summed E-state index contributed by atoms with van der Waals surface area (Å²) < 4.78 is 43.5. The second kappa shape index (κ2) is 10.0. The predicted octanol–water partition coefficient (Wildman–Crippen LogP) is 4.72. The standard InChI is InChI=1S/C25H27F2NO5/c1-14(2)33-25(30)23-15(3)28(13-16-9-10-19(26)20(27)11-16)22(29)12-18(23)17-7-6-8-21(31-4)24(17)32-5/h6-11,14,18H,12-13H2,1-5H3. The van der Waals surface area contributed by atoms with Gasteiger partial charge in [-0.25, -0.2) is 13.6 Å². The van der Waals surface area contributed by atoms with Crippen molar-refractivity contribution in [3.05, 3.63) is 70.4 Å². The lowest BCUT2D eigenvalue weighted by Crippen LogP contribution is -2.38. The van der Waals surface area contributed by atoms with Crippen molar-refractivity contribution in [1.82, 2.24) is 4.90 Å². The smallest absolute Gasteiger partial charge is 0.336 e. The number of benzene rings is 2. The van der Waals surface area contributed by atoms with E-state index in [2.05, 4.69) is 0 Å². The van der Waals surface area contributed by atoms with Crippen LogP contribution in [-0.4, -0.2) is 37.1 Å². The first-order valence-corrected chi connectivity index (χ1v) is 10.5. The molecule has 3 rings (SSSR count). The number of amides is 1. The molecule has 2 aromatic carbocycles. The lowest BCUT2D eigenvalue weighted by molar-refractivity contribution is -0.143. The molecule has 0 fully saturated rings. The first-order valence-electron chi connectivity index (χ1n) is 10.5. The van der Waals surface area contributed by atoms with Crippen LogP contribution in [0.15, 0.2) is 47.7 Å². The van der Waals surface area contributed by atoms with E-state index in [1.165, 1.54) is 25.2 Å². The van der Waals surface area contributed by atoms with Gasteiger partial charge in [-0.3, -0.25) is 4.79 Å². The minimum absolute atomic E-state index is 0.0116. The minimum Gasteiger partial charge on any atom is -0.493 e. The van der Waals surface area contributed by atoms with E-state index in [-0.39, 0.29) is 25.0 Å². The number of carbonyl (C=O) groups is 2. The molecule has 0 aromatic heterocycles. The maximum absolute atomic E-state index is 13.7. The Labute approximate surface area is 191 Å². The van der Waals surface area contributed by atoms with Crippen molar-refractivity contribution in [2.45, 2.75) is 45.8 Å². The molecule has 33 heavy (non-hydrogen) atoms. The van der Waals surface area contributed by atoms with Crippen LogP contribution in [-0.2, 0) is 20.9 Å². The van der Waals surface area contributed by atoms with E-state index >= 15 is 0 Å². The predicted molar refractivity (Wildman–Crippen MR) is 118 cm³/mol. The van der Waals surface area contributed by atoms with Gasteiger partial charge < -0.3 is 19.1 Å². The number of allylic oxidation sites excluding steroid dienone is 1. The van der Waals surface area contributed by atoms with Crippen LogP contribution in [0.3, 0.4) is 0 Å². The molecule has 1 amide bonds.